The van der Waals surface area contributed by atoms with Crippen molar-refractivity contribution >= 4 is 17.3 Å². The first-order valence-corrected chi connectivity index (χ1v) is 11.6. The summed E-state index contributed by atoms with van der Waals surface area (Å²) in [6, 6.07) is 17.9. The summed E-state index contributed by atoms with van der Waals surface area (Å²) >= 11 is 0. The SMILES string of the molecule is N#Cc1cccc(-c2ccnc(Nc3cccc(N4CCOCC4)c3)n2)c1OC1CCOCC1. The number of hydrogen-bond acceptors (Lipinski definition) is 8. The van der Waals surface area contributed by atoms with Gasteiger partial charge in [-0.3, -0.25) is 0 Å². The number of benzene rings is 2. The summed E-state index contributed by atoms with van der Waals surface area (Å²) in [5.74, 6) is 1.05. The van der Waals surface area contributed by atoms with E-state index in [1.54, 1.807) is 12.3 Å². The third-order valence-electron chi connectivity index (χ3n) is 6.00. The van der Waals surface area contributed by atoms with Gasteiger partial charge in [-0.25, -0.2) is 9.97 Å². The molecular formula is C26H27N5O3. The summed E-state index contributed by atoms with van der Waals surface area (Å²) in [6.45, 7) is 4.56. The highest BCUT2D eigenvalue weighted by Crippen LogP contribution is 2.34. The zero-order chi connectivity index (χ0) is 23.2. The van der Waals surface area contributed by atoms with Crippen LogP contribution in [0.2, 0.25) is 0 Å². The fraction of sp³-hybridized carbons (Fsp3) is 0.346. The molecule has 174 valence electrons. The van der Waals surface area contributed by atoms with Crippen LogP contribution in [0.25, 0.3) is 11.3 Å². The molecule has 0 unspecified atom stereocenters. The van der Waals surface area contributed by atoms with Gasteiger partial charge >= 0.3 is 0 Å². The second kappa shape index (κ2) is 10.5. The van der Waals surface area contributed by atoms with Gasteiger partial charge in [0.1, 0.15) is 17.9 Å². The molecule has 2 aromatic carbocycles. The molecule has 0 atom stereocenters. The lowest BCUT2D eigenvalue weighted by Crippen LogP contribution is -2.36. The zero-order valence-corrected chi connectivity index (χ0v) is 18.9. The van der Waals surface area contributed by atoms with E-state index in [0.29, 0.717) is 36.2 Å². The average molecular weight is 458 g/mol. The summed E-state index contributed by atoms with van der Waals surface area (Å²) in [5.41, 5.74) is 4.01. The number of hydrogen-bond donors (Lipinski definition) is 1. The predicted molar refractivity (Wildman–Crippen MR) is 129 cm³/mol. The Morgan fingerprint density at radius 2 is 1.79 bits per heavy atom. The normalized spacial score (nSPS) is 16.6. The molecule has 0 amide bonds. The van der Waals surface area contributed by atoms with Gasteiger partial charge in [-0.2, -0.15) is 5.26 Å². The van der Waals surface area contributed by atoms with Crippen molar-refractivity contribution in [3.63, 3.8) is 0 Å². The standard InChI is InChI=1S/C26H27N5O3/c27-18-19-3-1-6-23(25(19)34-22-8-13-32-14-9-22)24-7-10-28-26(30-24)29-20-4-2-5-21(17-20)31-11-15-33-16-12-31/h1-7,10,17,22H,8-9,11-16H2,(H,28,29,30). The van der Waals surface area contributed by atoms with E-state index >= 15 is 0 Å². The summed E-state index contributed by atoms with van der Waals surface area (Å²) < 4.78 is 17.2. The Morgan fingerprint density at radius 3 is 2.62 bits per heavy atom. The molecular weight excluding hydrogens is 430 g/mol. The number of rotatable bonds is 6. The molecule has 1 N–H and O–H groups in total. The lowest BCUT2D eigenvalue weighted by molar-refractivity contribution is 0.0257. The van der Waals surface area contributed by atoms with Crippen LogP contribution in [0.3, 0.4) is 0 Å². The molecule has 3 aromatic rings. The van der Waals surface area contributed by atoms with Crippen LogP contribution < -0.4 is 15.0 Å². The van der Waals surface area contributed by atoms with E-state index in [-0.39, 0.29) is 6.10 Å². The van der Waals surface area contributed by atoms with Gasteiger partial charge in [0.2, 0.25) is 5.95 Å². The van der Waals surface area contributed by atoms with Gasteiger partial charge in [-0.1, -0.05) is 12.1 Å². The van der Waals surface area contributed by atoms with E-state index in [0.717, 1.165) is 56.1 Å². The summed E-state index contributed by atoms with van der Waals surface area (Å²) in [5, 5.41) is 13.0. The minimum absolute atomic E-state index is 0.0179. The molecule has 3 heterocycles. The van der Waals surface area contributed by atoms with Gasteiger partial charge in [0.25, 0.3) is 0 Å². The van der Waals surface area contributed by atoms with Crippen LogP contribution in [0, 0.1) is 11.3 Å². The molecule has 2 aliphatic heterocycles. The number of nitrogens with zero attached hydrogens (tertiary/aromatic N) is 4. The second-order valence-corrected chi connectivity index (χ2v) is 8.26. The Kier molecular flexibility index (Phi) is 6.84. The van der Waals surface area contributed by atoms with Crippen LogP contribution in [0.5, 0.6) is 5.75 Å². The first-order chi connectivity index (χ1) is 16.8. The first kappa shape index (κ1) is 22.1. The van der Waals surface area contributed by atoms with Gasteiger partial charge < -0.3 is 24.4 Å². The zero-order valence-electron chi connectivity index (χ0n) is 18.9. The summed E-state index contributed by atoms with van der Waals surface area (Å²) in [4.78, 5) is 11.5. The van der Waals surface area contributed by atoms with E-state index in [9.17, 15) is 5.26 Å². The van der Waals surface area contributed by atoms with E-state index in [4.69, 9.17) is 19.2 Å². The molecule has 1 aromatic heterocycles. The summed E-state index contributed by atoms with van der Waals surface area (Å²) in [6.07, 6.45) is 3.34. The van der Waals surface area contributed by atoms with Crippen LogP contribution in [0.4, 0.5) is 17.3 Å². The van der Waals surface area contributed by atoms with Crippen LogP contribution >= 0.6 is 0 Å². The number of morpholine rings is 1. The largest absolute Gasteiger partial charge is 0.488 e. The molecule has 8 heteroatoms. The fourth-order valence-corrected chi connectivity index (χ4v) is 4.21. The smallest absolute Gasteiger partial charge is 0.227 e. The van der Waals surface area contributed by atoms with Crippen molar-refractivity contribution in [2.45, 2.75) is 18.9 Å². The predicted octanol–water partition coefficient (Wildman–Crippen LogP) is 4.15. The van der Waals surface area contributed by atoms with Crippen LogP contribution in [-0.4, -0.2) is 55.6 Å². The molecule has 34 heavy (non-hydrogen) atoms. The molecule has 0 bridgehead atoms. The van der Waals surface area contributed by atoms with Crippen molar-refractivity contribution in [3.8, 4) is 23.1 Å². The Labute approximate surface area is 199 Å². The van der Waals surface area contributed by atoms with Gasteiger partial charge in [-0.15, -0.1) is 0 Å². The fourth-order valence-electron chi connectivity index (χ4n) is 4.21. The average Bonchev–Trinajstić information content (AvgIpc) is 2.90. The van der Waals surface area contributed by atoms with Gasteiger partial charge in [0.15, 0.2) is 0 Å². The van der Waals surface area contributed by atoms with Crippen molar-refractivity contribution < 1.29 is 14.2 Å². The van der Waals surface area contributed by atoms with E-state index in [1.165, 1.54) is 0 Å². The van der Waals surface area contributed by atoms with E-state index in [2.05, 4.69) is 33.4 Å². The molecule has 0 spiro atoms. The minimum Gasteiger partial charge on any atom is -0.488 e. The molecule has 0 radical (unpaired) electrons. The number of nitrogens with one attached hydrogen (secondary N) is 1. The Hall–Kier alpha value is -3.67. The van der Waals surface area contributed by atoms with Gasteiger partial charge in [-0.05, 0) is 36.4 Å². The lowest BCUT2D eigenvalue weighted by atomic mass is 10.1. The van der Waals surface area contributed by atoms with Crippen LogP contribution in [0.1, 0.15) is 18.4 Å². The lowest BCUT2D eigenvalue weighted by Gasteiger charge is -2.29. The minimum atomic E-state index is 0.0179. The van der Waals surface area contributed by atoms with Crippen molar-refractivity contribution in [1.82, 2.24) is 9.97 Å². The monoisotopic (exact) mass is 457 g/mol. The Bertz CT molecular complexity index is 1170. The van der Waals surface area contributed by atoms with Gasteiger partial charge in [0.05, 0.1) is 37.7 Å². The molecule has 0 saturated carbocycles. The number of para-hydroxylation sites is 1. The molecule has 2 aliphatic rings. The Balaban J connectivity index is 1.40. The topological polar surface area (TPSA) is 92.5 Å². The maximum Gasteiger partial charge on any atom is 0.227 e. The number of nitriles is 1. The number of anilines is 3. The highest BCUT2D eigenvalue weighted by molar-refractivity contribution is 5.72. The summed E-state index contributed by atoms with van der Waals surface area (Å²) in [7, 11) is 0. The molecule has 8 nitrogen and oxygen atoms in total. The molecule has 5 rings (SSSR count). The number of aromatic nitrogens is 2. The van der Waals surface area contributed by atoms with Gasteiger partial charge in [0, 0.05) is 49.1 Å². The Morgan fingerprint density at radius 1 is 1.00 bits per heavy atom. The van der Waals surface area contributed by atoms with E-state index in [1.807, 2.05) is 30.3 Å². The number of ether oxygens (including phenoxy) is 3. The molecule has 2 saturated heterocycles. The third kappa shape index (κ3) is 5.11. The molecule has 2 fully saturated rings. The second-order valence-electron chi connectivity index (χ2n) is 8.26. The van der Waals surface area contributed by atoms with Crippen LogP contribution in [-0.2, 0) is 9.47 Å². The van der Waals surface area contributed by atoms with Crippen molar-refractivity contribution in [3.05, 3.63) is 60.3 Å². The highest BCUT2D eigenvalue weighted by atomic mass is 16.5. The van der Waals surface area contributed by atoms with Crippen molar-refractivity contribution in [1.29, 1.82) is 5.26 Å². The molecule has 0 aliphatic carbocycles. The van der Waals surface area contributed by atoms with E-state index < -0.39 is 0 Å². The maximum absolute atomic E-state index is 9.69. The first-order valence-electron chi connectivity index (χ1n) is 11.6. The maximum atomic E-state index is 9.69. The van der Waals surface area contributed by atoms with Crippen molar-refractivity contribution in [2.24, 2.45) is 0 Å². The third-order valence-corrected chi connectivity index (χ3v) is 6.00. The van der Waals surface area contributed by atoms with Crippen LogP contribution in [0.15, 0.2) is 54.7 Å². The quantitative estimate of drug-likeness (QED) is 0.590. The highest BCUT2D eigenvalue weighted by Gasteiger charge is 2.21. The van der Waals surface area contributed by atoms with Crippen molar-refractivity contribution in [2.75, 3.05) is 49.7 Å².